The summed E-state index contributed by atoms with van der Waals surface area (Å²) in [4.78, 5) is 14.7. The van der Waals surface area contributed by atoms with Crippen LogP contribution >= 0.6 is 0 Å². The van der Waals surface area contributed by atoms with Crippen molar-refractivity contribution >= 4 is 21.6 Å². The average Bonchev–Trinajstić information content (AvgIpc) is 2.84. The van der Waals surface area contributed by atoms with E-state index in [-0.39, 0.29) is 21.6 Å². The molecule has 0 aromatic heterocycles. The normalized spacial score (nSPS) is 32.1. The van der Waals surface area contributed by atoms with Gasteiger partial charge in [-0.25, -0.2) is 4.83 Å². The maximum Gasteiger partial charge on any atom is 0.276 e. The molecule has 0 aliphatic heterocycles. The number of hydrogen-bond acceptors (Lipinski definition) is 4. The van der Waals surface area contributed by atoms with Crippen molar-refractivity contribution in [3.8, 4) is 0 Å². The molecule has 3 rings (SSSR count). The number of sulfonamides is 1. The van der Waals surface area contributed by atoms with Gasteiger partial charge in [-0.3, -0.25) is 4.79 Å². The number of hydrazone groups is 1. The Balaban J connectivity index is 1.93. The monoisotopic (exact) mass is 363 g/mol. The van der Waals surface area contributed by atoms with Crippen molar-refractivity contribution in [3.63, 3.8) is 0 Å². The summed E-state index contributed by atoms with van der Waals surface area (Å²) in [5.74, 6) is -0.326. The molecule has 2 saturated carbocycles. The van der Waals surface area contributed by atoms with Crippen LogP contribution in [0.2, 0.25) is 0 Å². The van der Waals surface area contributed by atoms with Crippen molar-refractivity contribution in [1.29, 1.82) is 0 Å². The fourth-order valence-electron chi connectivity index (χ4n) is 4.48. The zero-order valence-electron chi connectivity index (χ0n) is 15.1. The van der Waals surface area contributed by atoms with Crippen molar-refractivity contribution in [2.24, 2.45) is 27.1 Å². The van der Waals surface area contributed by atoms with Gasteiger partial charge in [0.2, 0.25) is 5.91 Å². The van der Waals surface area contributed by atoms with Crippen LogP contribution in [0.25, 0.3) is 0 Å². The first-order chi connectivity index (χ1) is 11.5. The number of nitrogens with one attached hydrogen (secondary N) is 1. The zero-order valence-corrected chi connectivity index (χ0v) is 15.9. The van der Waals surface area contributed by atoms with Gasteiger partial charge in [-0.1, -0.05) is 38.5 Å². The predicted molar refractivity (Wildman–Crippen MR) is 96.3 cm³/mol. The Labute approximate surface area is 148 Å². The lowest BCUT2D eigenvalue weighted by atomic mass is 9.64. The van der Waals surface area contributed by atoms with Gasteiger partial charge in [-0.2, -0.15) is 13.5 Å². The lowest BCUT2D eigenvalue weighted by molar-refractivity contribution is -0.132. The van der Waals surface area contributed by atoms with E-state index in [1.807, 2.05) is 27.7 Å². The zero-order chi connectivity index (χ0) is 18.7. The van der Waals surface area contributed by atoms with Gasteiger partial charge in [0.1, 0.15) is 0 Å². The Morgan fingerprint density at radius 3 is 2.28 bits per heavy atom. The molecule has 0 heterocycles. The Morgan fingerprint density at radius 1 is 1.16 bits per heavy atom. The number of hydrogen-bond donors (Lipinski definition) is 2. The second-order valence-electron chi connectivity index (χ2n) is 8.05. The fourth-order valence-corrected chi connectivity index (χ4v) is 5.31. The molecule has 2 atom stereocenters. The summed E-state index contributed by atoms with van der Waals surface area (Å²) in [7, 11) is -3.74. The van der Waals surface area contributed by atoms with Gasteiger partial charge in [0, 0.05) is 17.5 Å². The van der Waals surface area contributed by atoms with Crippen molar-refractivity contribution < 1.29 is 13.2 Å². The van der Waals surface area contributed by atoms with Crippen LogP contribution < -0.4 is 10.6 Å². The summed E-state index contributed by atoms with van der Waals surface area (Å²) in [5.41, 5.74) is 6.04. The first-order valence-electron chi connectivity index (χ1n) is 8.42. The Bertz CT molecular complexity index is 858. The van der Waals surface area contributed by atoms with Crippen LogP contribution in [0.3, 0.4) is 0 Å². The molecule has 2 aliphatic rings. The quantitative estimate of drug-likeness (QED) is 0.803. The molecule has 1 amide bonds. The summed E-state index contributed by atoms with van der Waals surface area (Å²) in [6.45, 7) is 8.00. The smallest absolute Gasteiger partial charge is 0.276 e. The van der Waals surface area contributed by atoms with E-state index in [1.165, 1.54) is 0 Å². The van der Waals surface area contributed by atoms with Crippen LogP contribution in [0.15, 0.2) is 34.3 Å². The third kappa shape index (κ3) is 2.32. The minimum Gasteiger partial charge on any atom is -0.369 e. The van der Waals surface area contributed by atoms with Gasteiger partial charge in [0.25, 0.3) is 10.0 Å². The summed E-state index contributed by atoms with van der Waals surface area (Å²) in [6, 6.07) is 6.59. The molecule has 25 heavy (non-hydrogen) atoms. The number of primary amides is 1. The SMILES string of the molecule is Cc1ccc(S(=O)(=O)N/N=C2/CC3(C(N)=O)CCC2(C)C3(C)C)cc1. The van der Waals surface area contributed by atoms with Gasteiger partial charge < -0.3 is 5.73 Å². The molecule has 3 N–H and O–H groups in total. The standard InChI is InChI=1S/C18H25N3O3S/c1-12-5-7-13(8-6-12)25(23,24)21-20-14-11-18(15(19)22)10-9-17(14,4)16(18,2)3/h5-8,21H,9-11H2,1-4H3,(H2,19,22)/b20-14-. The van der Waals surface area contributed by atoms with E-state index >= 15 is 0 Å². The number of nitrogens with zero attached hydrogens (tertiary/aromatic N) is 1. The average molecular weight is 363 g/mol. The highest BCUT2D eigenvalue weighted by molar-refractivity contribution is 7.89. The van der Waals surface area contributed by atoms with Crippen molar-refractivity contribution in [1.82, 2.24) is 4.83 Å². The first kappa shape index (κ1) is 17.9. The number of amides is 1. The lowest BCUT2D eigenvalue weighted by Crippen LogP contribution is -2.44. The van der Waals surface area contributed by atoms with E-state index in [4.69, 9.17) is 5.73 Å². The predicted octanol–water partition coefficient (Wildman–Crippen LogP) is 2.33. The van der Waals surface area contributed by atoms with Crippen LogP contribution in [0.4, 0.5) is 0 Å². The number of carbonyl (C=O) groups excluding carboxylic acids is 1. The van der Waals surface area contributed by atoms with E-state index in [2.05, 4.69) is 9.93 Å². The number of carbonyl (C=O) groups is 1. The summed E-state index contributed by atoms with van der Waals surface area (Å²) in [6.07, 6.45) is 1.89. The molecular weight excluding hydrogens is 338 g/mol. The number of aryl methyl sites for hydroxylation is 1. The second kappa shape index (κ2) is 5.30. The molecule has 2 unspecified atom stereocenters. The van der Waals surface area contributed by atoms with Crippen molar-refractivity contribution in [3.05, 3.63) is 29.8 Å². The van der Waals surface area contributed by atoms with E-state index in [0.717, 1.165) is 18.4 Å². The van der Waals surface area contributed by atoms with Gasteiger partial charge in [0.05, 0.1) is 10.3 Å². The highest BCUT2D eigenvalue weighted by Crippen LogP contribution is 2.70. The summed E-state index contributed by atoms with van der Waals surface area (Å²) >= 11 is 0. The number of benzene rings is 1. The lowest BCUT2D eigenvalue weighted by Gasteiger charge is -2.38. The summed E-state index contributed by atoms with van der Waals surface area (Å²) in [5, 5.41) is 4.24. The van der Waals surface area contributed by atoms with E-state index in [9.17, 15) is 13.2 Å². The van der Waals surface area contributed by atoms with Crippen LogP contribution in [0.1, 0.15) is 45.6 Å². The second-order valence-corrected chi connectivity index (χ2v) is 9.71. The molecule has 7 heteroatoms. The van der Waals surface area contributed by atoms with Gasteiger partial charge >= 0.3 is 0 Å². The molecule has 6 nitrogen and oxygen atoms in total. The van der Waals surface area contributed by atoms with Gasteiger partial charge in [0.15, 0.2) is 0 Å². The largest absolute Gasteiger partial charge is 0.369 e. The molecule has 0 saturated heterocycles. The number of fused-ring (bicyclic) bond motifs is 2. The van der Waals surface area contributed by atoms with Gasteiger partial charge in [-0.15, -0.1) is 0 Å². The van der Waals surface area contributed by atoms with E-state index in [0.29, 0.717) is 12.1 Å². The third-order valence-corrected chi connectivity index (χ3v) is 8.06. The van der Waals surface area contributed by atoms with Crippen LogP contribution in [0, 0.1) is 23.2 Å². The number of rotatable bonds is 4. The van der Waals surface area contributed by atoms with Crippen LogP contribution in [-0.4, -0.2) is 20.0 Å². The minimum atomic E-state index is -3.74. The topological polar surface area (TPSA) is 102 Å². The first-order valence-corrected chi connectivity index (χ1v) is 9.90. The molecular formula is C18H25N3O3S. The van der Waals surface area contributed by atoms with E-state index in [1.54, 1.807) is 24.3 Å². The minimum absolute atomic E-state index is 0.166. The Kier molecular flexibility index (Phi) is 3.80. The summed E-state index contributed by atoms with van der Waals surface area (Å²) < 4.78 is 25.0. The van der Waals surface area contributed by atoms with Gasteiger partial charge in [-0.05, 0) is 37.3 Å². The maximum absolute atomic E-state index is 12.5. The fraction of sp³-hybridized carbons (Fsp3) is 0.556. The third-order valence-electron chi connectivity index (χ3n) is 6.84. The molecule has 1 aromatic rings. The van der Waals surface area contributed by atoms with Crippen molar-refractivity contribution in [2.45, 2.75) is 51.9 Å². The maximum atomic E-state index is 12.5. The van der Waals surface area contributed by atoms with Crippen molar-refractivity contribution in [2.75, 3.05) is 0 Å². The van der Waals surface area contributed by atoms with Crippen LogP contribution in [0.5, 0.6) is 0 Å². The van der Waals surface area contributed by atoms with Crippen LogP contribution in [-0.2, 0) is 14.8 Å². The Hall–Kier alpha value is -1.89. The molecule has 136 valence electrons. The molecule has 2 bridgehead atoms. The van der Waals surface area contributed by atoms with E-state index < -0.39 is 15.4 Å². The molecule has 2 fully saturated rings. The number of nitrogens with two attached hydrogens (primary N) is 1. The Morgan fingerprint density at radius 2 is 1.76 bits per heavy atom. The highest BCUT2D eigenvalue weighted by atomic mass is 32.2. The molecule has 1 aromatic carbocycles. The molecule has 0 spiro atoms. The molecule has 0 radical (unpaired) electrons. The highest BCUT2D eigenvalue weighted by Gasteiger charge is 2.71. The molecule has 2 aliphatic carbocycles.